The second-order valence-corrected chi connectivity index (χ2v) is 3.12. The molecule has 0 saturated carbocycles. The Morgan fingerprint density at radius 2 is 2.30 bits per heavy atom. The monoisotopic (exact) mass is 162 g/mol. The van der Waals surface area contributed by atoms with Crippen molar-refractivity contribution in [2.75, 3.05) is 0 Å². The number of hydrogen-bond acceptors (Lipinski definition) is 2. The van der Waals surface area contributed by atoms with Gasteiger partial charge in [-0.15, -0.1) is 6.42 Å². The molecule has 0 aliphatic rings. The van der Waals surface area contributed by atoms with E-state index in [1.807, 2.05) is 0 Å². The molecule has 0 bridgehead atoms. The van der Waals surface area contributed by atoms with Crippen molar-refractivity contribution in [1.29, 1.82) is 0 Å². The highest BCUT2D eigenvalue weighted by Crippen LogP contribution is 1.87. The van der Waals surface area contributed by atoms with Gasteiger partial charge in [-0.05, 0) is 6.42 Å². The average Bonchev–Trinajstić information content (AvgIpc) is 1.81. The standard InChI is InChI=1S/C5H10N2O2S/c1-3-5(4-2)7-10(6,8)9/h1,5,7H,4H2,2H3,(H2,6,8,9). The molecule has 0 radical (unpaired) electrons. The van der Waals surface area contributed by atoms with Crippen LogP contribution in [0.1, 0.15) is 13.3 Å². The molecule has 0 saturated heterocycles. The molecule has 3 N–H and O–H groups in total. The van der Waals surface area contributed by atoms with Gasteiger partial charge in [-0.2, -0.15) is 13.1 Å². The summed E-state index contributed by atoms with van der Waals surface area (Å²) in [6, 6.07) is -0.491. The molecular weight excluding hydrogens is 152 g/mol. The van der Waals surface area contributed by atoms with E-state index in [2.05, 4.69) is 15.8 Å². The summed E-state index contributed by atoms with van der Waals surface area (Å²) in [5.74, 6) is 2.24. The van der Waals surface area contributed by atoms with Crippen molar-refractivity contribution in [2.45, 2.75) is 19.4 Å². The van der Waals surface area contributed by atoms with E-state index in [4.69, 9.17) is 6.42 Å². The number of terminal acetylenes is 1. The summed E-state index contributed by atoms with van der Waals surface area (Å²) >= 11 is 0. The largest absolute Gasteiger partial charge is 0.275 e. The van der Waals surface area contributed by atoms with Crippen molar-refractivity contribution in [1.82, 2.24) is 4.72 Å². The molecule has 58 valence electrons. The van der Waals surface area contributed by atoms with E-state index < -0.39 is 16.3 Å². The fraction of sp³-hybridized carbons (Fsp3) is 0.600. The first-order valence-corrected chi connectivity index (χ1v) is 4.30. The normalized spacial score (nSPS) is 14.1. The number of nitrogens with two attached hydrogens (primary N) is 1. The molecule has 0 aromatic rings. The third-order valence-electron chi connectivity index (χ3n) is 0.916. The molecule has 0 spiro atoms. The Labute approximate surface area is 61.0 Å². The highest BCUT2D eigenvalue weighted by atomic mass is 32.2. The molecule has 0 fully saturated rings. The third-order valence-corrected chi connectivity index (χ3v) is 1.53. The van der Waals surface area contributed by atoms with Gasteiger partial charge in [0.2, 0.25) is 0 Å². The lowest BCUT2D eigenvalue weighted by Gasteiger charge is -2.06. The van der Waals surface area contributed by atoms with E-state index in [1.165, 1.54) is 0 Å². The topological polar surface area (TPSA) is 72.2 Å². The van der Waals surface area contributed by atoms with E-state index in [0.29, 0.717) is 6.42 Å². The summed E-state index contributed by atoms with van der Waals surface area (Å²) in [7, 11) is -3.64. The fourth-order valence-electron chi connectivity index (χ4n) is 0.433. The minimum Gasteiger partial charge on any atom is -0.216 e. The molecule has 0 aromatic carbocycles. The summed E-state index contributed by atoms with van der Waals surface area (Å²) in [4.78, 5) is 0. The summed E-state index contributed by atoms with van der Waals surface area (Å²) in [5.41, 5.74) is 0. The second kappa shape index (κ2) is 3.56. The van der Waals surface area contributed by atoms with Gasteiger partial charge in [0.05, 0.1) is 6.04 Å². The van der Waals surface area contributed by atoms with Crippen molar-refractivity contribution in [3.05, 3.63) is 0 Å². The van der Waals surface area contributed by atoms with Crippen LogP contribution < -0.4 is 9.86 Å². The van der Waals surface area contributed by atoms with Gasteiger partial charge >= 0.3 is 0 Å². The van der Waals surface area contributed by atoms with Gasteiger partial charge in [0.15, 0.2) is 0 Å². The third kappa shape index (κ3) is 4.32. The van der Waals surface area contributed by atoms with Crippen molar-refractivity contribution in [3.8, 4) is 12.3 Å². The summed E-state index contributed by atoms with van der Waals surface area (Å²) in [5, 5.41) is 4.65. The molecule has 0 heterocycles. The van der Waals surface area contributed by atoms with Crippen molar-refractivity contribution >= 4 is 10.2 Å². The molecule has 0 aliphatic heterocycles. The molecule has 0 aliphatic carbocycles. The van der Waals surface area contributed by atoms with Crippen molar-refractivity contribution in [3.63, 3.8) is 0 Å². The van der Waals surface area contributed by atoms with Gasteiger partial charge in [0.1, 0.15) is 0 Å². The van der Waals surface area contributed by atoms with Crippen LogP contribution in [-0.4, -0.2) is 14.5 Å². The smallest absolute Gasteiger partial charge is 0.216 e. The zero-order chi connectivity index (χ0) is 8.20. The molecular formula is C5H10N2O2S. The molecule has 5 heteroatoms. The van der Waals surface area contributed by atoms with Crippen LogP contribution in [0, 0.1) is 12.3 Å². The molecule has 1 unspecified atom stereocenters. The SMILES string of the molecule is C#CC(CC)NS(N)(=O)=O. The zero-order valence-corrected chi connectivity index (χ0v) is 6.48. The Morgan fingerprint density at radius 3 is 2.40 bits per heavy atom. The van der Waals surface area contributed by atoms with Gasteiger partial charge in [-0.1, -0.05) is 12.8 Å². The maximum Gasteiger partial charge on any atom is 0.275 e. The molecule has 1 atom stereocenters. The van der Waals surface area contributed by atoms with Crippen molar-refractivity contribution in [2.24, 2.45) is 5.14 Å². The maximum absolute atomic E-state index is 10.3. The fourth-order valence-corrected chi connectivity index (χ4v) is 1.06. The van der Waals surface area contributed by atoms with Crippen LogP contribution in [0.2, 0.25) is 0 Å². The first-order valence-electron chi connectivity index (χ1n) is 2.75. The van der Waals surface area contributed by atoms with E-state index in [1.54, 1.807) is 6.92 Å². The highest BCUT2D eigenvalue weighted by molar-refractivity contribution is 7.87. The van der Waals surface area contributed by atoms with E-state index in [0.717, 1.165) is 0 Å². The minimum absolute atomic E-state index is 0.491. The minimum atomic E-state index is -3.64. The average molecular weight is 162 g/mol. The first kappa shape index (κ1) is 9.43. The van der Waals surface area contributed by atoms with E-state index in [9.17, 15) is 8.42 Å². The number of nitrogens with one attached hydrogen (secondary N) is 1. The van der Waals surface area contributed by atoms with Gasteiger partial charge in [0.25, 0.3) is 10.2 Å². The maximum atomic E-state index is 10.3. The van der Waals surface area contributed by atoms with E-state index in [-0.39, 0.29) is 0 Å². The van der Waals surface area contributed by atoms with Gasteiger partial charge < -0.3 is 0 Å². The lowest BCUT2D eigenvalue weighted by Crippen LogP contribution is -2.38. The van der Waals surface area contributed by atoms with Gasteiger partial charge in [-0.3, -0.25) is 0 Å². The van der Waals surface area contributed by atoms with Crippen LogP contribution in [0.15, 0.2) is 0 Å². The first-order chi connectivity index (χ1) is 4.49. The Hall–Kier alpha value is -0.570. The van der Waals surface area contributed by atoms with Gasteiger partial charge in [0, 0.05) is 0 Å². The Bertz CT molecular complexity index is 227. The predicted molar refractivity (Wildman–Crippen MR) is 39.2 cm³/mol. The Balaban J connectivity index is 4.04. The lowest BCUT2D eigenvalue weighted by atomic mass is 10.3. The summed E-state index contributed by atoms with van der Waals surface area (Å²) < 4.78 is 22.7. The van der Waals surface area contributed by atoms with Crippen LogP contribution in [0.5, 0.6) is 0 Å². The second-order valence-electron chi connectivity index (χ2n) is 1.79. The molecule has 4 nitrogen and oxygen atoms in total. The van der Waals surface area contributed by atoms with Crippen LogP contribution in [0.4, 0.5) is 0 Å². The quantitative estimate of drug-likeness (QED) is 0.533. The summed E-state index contributed by atoms with van der Waals surface area (Å²) in [6.45, 7) is 1.77. The highest BCUT2D eigenvalue weighted by Gasteiger charge is 2.07. The van der Waals surface area contributed by atoms with Crippen LogP contribution in [0.25, 0.3) is 0 Å². The van der Waals surface area contributed by atoms with E-state index >= 15 is 0 Å². The molecule has 10 heavy (non-hydrogen) atoms. The molecule has 0 amide bonds. The Morgan fingerprint density at radius 1 is 1.80 bits per heavy atom. The van der Waals surface area contributed by atoms with Gasteiger partial charge in [-0.25, -0.2) is 5.14 Å². The van der Waals surface area contributed by atoms with Crippen LogP contribution in [-0.2, 0) is 10.2 Å². The lowest BCUT2D eigenvalue weighted by molar-refractivity contribution is 0.572. The molecule has 0 rings (SSSR count). The molecule has 0 aromatic heterocycles. The Kier molecular flexibility index (Phi) is 3.36. The number of rotatable bonds is 3. The van der Waals surface area contributed by atoms with Crippen LogP contribution >= 0.6 is 0 Å². The van der Waals surface area contributed by atoms with Crippen LogP contribution in [0.3, 0.4) is 0 Å². The zero-order valence-electron chi connectivity index (χ0n) is 5.66. The van der Waals surface area contributed by atoms with Crippen molar-refractivity contribution < 1.29 is 8.42 Å². The summed E-state index contributed by atoms with van der Waals surface area (Å²) in [6.07, 6.45) is 5.49. The number of hydrogen-bond donors (Lipinski definition) is 2. The predicted octanol–water partition coefficient (Wildman–Crippen LogP) is -0.809.